The van der Waals surface area contributed by atoms with E-state index in [1.807, 2.05) is 0 Å². The van der Waals surface area contributed by atoms with Gasteiger partial charge < -0.3 is 9.13 Å². The Morgan fingerprint density at radius 1 is 0.326 bits per heavy atom. The zero-order valence-electron chi connectivity index (χ0n) is 52.6. The third-order valence-corrected chi connectivity index (χ3v) is 20.5. The van der Waals surface area contributed by atoms with E-state index in [2.05, 4.69) is 274 Å². The molecule has 0 fully saturated rings. The van der Waals surface area contributed by atoms with Crippen molar-refractivity contribution in [2.45, 2.75) is 93.9 Å². The topological polar surface area (TPSA) is 48.5 Å². The minimum absolute atomic E-state index is 0.0661. The molecule has 6 heteroatoms. The van der Waals surface area contributed by atoms with Gasteiger partial charge in [-0.05, 0) is 192 Å². The molecule has 0 saturated heterocycles. The summed E-state index contributed by atoms with van der Waals surface area (Å²) in [4.78, 5) is 17.0. The highest BCUT2D eigenvalue weighted by Gasteiger charge is 2.43. The summed E-state index contributed by atoms with van der Waals surface area (Å²) in [6.45, 7) is 27.2. The van der Waals surface area contributed by atoms with Gasteiger partial charge in [-0.1, -0.05) is 198 Å². The Labute approximate surface area is 518 Å². The smallest absolute Gasteiger partial charge is 0.252 e. The van der Waals surface area contributed by atoms with Crippen molar-refractivity contribution in [2.24, 2.45) is 0 Å². The van der Waals surface area contributed by atoms with Gasteiger partial charge in [0.1, 0.15) is 0 Å². The molecule has 13 aromatic carbocycles. The monoisotopic (exact) mass is 1140 g/mol. The van der Waals surface area contributed by atoms with E-state index < -0.39 is 0 Å². The van der Waals surface area contributed by atoms with E-state index in [4.69, 9.17) is 15.0 Å². The van der Waals surface area contributed by atoms with E-state index in [1.54, 1.807) is 0 Å². The van der Waals surface area contributed by atoms with Gasteiger partial charge in [-0.2, -0.15) is 0 Å². The van der Waals surface area contributed by atoms with Crippen LogP contribution in [0.1, 0.15) is 86.1 Å². The lowest BCUT2D eigenvalue weighted by atomic mass is 9.34. The van der Waals surface area contributed by atoms with Gasteiger partial charge in [0.2, 0.25) is 0 Å². The fraction of sp³-hybridized carbons (Fsp3) is 0.169. The summed E-state index contributed by atoms with van der Waals surface area (Å²) in [6.07, 6.45) is 0. The molecule has 0 bridgehead atoms. The predicted octanol–water partition coefficient (Wildman–Crippen LogP) is 19.6. The maximum Gasteiger partial charge on any atom is 0.252 e. The SMILES string of the molecule is Cc1cc(C)c(-c2nc(-c3cc4c5c(c3)-n3c6ccc7c8ccccc8c8ccccc8c7c6c6c7c8ccccc8c8ccccc8c7cc(c63)B5c3cc(C(C)(C)C)cc5c6cc(C(C)(C)C)ccc6n-4c35)nc(-c3c(C)cc(C)cc3C)n2)c(C)c1. The Morgan fingerprint density at radius 2 is 0.742 bits per heavy atom. The van der Waals surface area contributed by atoms with E-state index in [0.717, 1.165) is 50.3 Å². The molecule has 2 aliphatic rings. The first-order valence-electron chi connectivity index (χ1n) is 31.7. The van der Waals surface area contributed by atoms with Gasteiger partial charge in [-0.15, -0.1) is 0 Å². The largest absolute Gasteiger partial charge is 0.310 e. The van der Waals surface area contributed by atoms with Gasteiger partial charge in [0, 0.05) is 65.9 Å². The van der Waals surface area contributed by atoms with Crippen LogP contribution in [0.4, 0.5) is 0 Å². The third-order valence-electron chi connectivity index (χ3n) is 20.5. The van der Waals surface area contributed by atoms with Crippen LogP contribution in [-0.4, -0.2) is 30.8 Å². The number of hydrogen-bond acceptors (Lipinski definition) is 3. The standard InChI is InChI=1S/C83H66BN5/c1-43-33-45(3)70(46(4)34-43)80-85-79(86-81(87-80)71-47(5)35-44(2)36-48(71)6)49-37-68-76-69(38-49)89-67-32-30-60-56-25-15-13-21-52(56)54-23-17-19-27-58(54)72(60)74(67)75-73-59-28-20-18-24-55(59)53-22-14-16-26-57(53)62(73)42-65(78(75)89)84(76)64-41-51(83(10,11)12)40-63-61-39-50(82(7,8)9)29-31-66(61)88(68)77(63)64/h13-42H,1-12H3. The Balaban J connectivity index is 1.09. The second kappa shape index (κ2) is 17.9. The summed E-state index contributed by atoms with van der Waals surface area (Å²) in [5.41, 5.74) is 23.6. The van der Waals surface area contributed by atoms with Crippen molar-refractivity contribution in [1.82, 2.24) is 24.1 Å². The summed E-state index contributed by atoms with van der Waals surface area (Å²) in [5.74, 6) is 2.01. The zero-order chi connectivity index (χ0) is 60.6. The zero-order valence-corrected chi connectivity index (χ0v) is 52.6. The molecule has 0 radical (unpaired) electrons. The summed E-state index contributed by atoms with van der Waals surface area (Å²) in [6, 6.07) is 70.4. The fourth-order valence-electron chi connectivity index (χ4n) is 16.8. The molecule has 5 nitrogen and oxygen atoms in total. The lowest BCUT2D eigenvalue weighted by Gasteiger charge is -2.35. The number of benzene rings is 13. The van der Waals surface area contributed by atoms with Crippen LogP contribution in [0.25, 0.3) is 154 Å². The quantitative estimate of drug-likeness (QED) is 0.131. The van der Waals surface area contributed by atoms with Crippen LogP contribution >= 0.6 is 0 Å². The first kappa shape index (κ1) is 52.2. The van der Waals surface area contributed by atoms with Crippen LogP contribution in [-0.2, 0) is 10.8 Å². The molecule has 0 N–H and O–H groups in total. The first-order valence-corrected chi connectivity index (χ1v) is 31.7. The number of fused-ring (bicyclic) bond motifs is 24. The average molecular weight is 1140 g/mol. The molecule has 0 unspecified atom stereocenters. The highest BCUT2D eigenvalue weighted by molar-refractivity contribution is 7.00. The predicted molar refractivity (Wildman–Crippen MR) is 380 cm³/mol. The van der Waals surface area contributed by atoms with Crippen LogP contribution in [0.2, 0.25) is 0 Å². The first-order chi connectivity index (χ1) is 42.9. The maximum absolute atomic E-state index is 5.72. The van der Waals surface area contributed by atoms with Crippen molar-refractivity contribution < 1.29 is 0 Å². The molecule has 0 saturated carbocycles. The molecule has 5 heterocycles. The third kappa shape index (κ3) is 7.12. The van der Waals surface area contributed by atoms with Crippen molar-refractivity contribution in [2.75, 3.05) is 0 Å². The minimum atomic E-state index is -0.157. The molecule has 18 rings (SSSR count). The van der Waals surface area contributed by atoms with Crippen LogP contribution in [0.15, 0.2) is 182 Å². The van der Waals surface area contributed by atoms with Crippen molar-refractivity contribution in [3.63, 3.8) is 0 Å². The van der Waals surface area contributed by atoms with Gasteiger partial charge in [0.05, 0.1) is 16.6 Å². The second-order valence-electron chi connectivity index (χ2n) is 28.3. The van der Waals surface area contributed by atoms with E-state index in [9.17, 15) is 0 Å². The maximum atomic E-state index is 5.72. The molecule has 0 atom stereocenters. The van der Waals surface area contributed by atoms with Gasteiger partial charge in [-0.25, -0.2) is 15.0 Å². The highest BCUT2D eigenvalue weighted by Crippen LogP contribution is 2.50. The van der Waals surface area contributed by atoms with E-state index >= 15 is 0 Å². The van der Waals surface area contributed by atoms with Crippen molar-refractivity contribution >= 4 is 131 Å². The summed E-state index contributed by atoms with van der Waals surface area (Å²) >= 11 is 0. The molecule has 0 aliphatic carbocycles. The highest BCUT2D eigenvalue weighted by atomic mass is 15.1. The van der Waals surface area contributed by atoms with Crippen LogP contribution in [0, 0.1) is 41.5 Å². The number of aryl methyl sites for hydroxylation is 6. The molecule has 0 amide bonds. The van der Waals surface area contributed by atoms with E-state index in [1.165, 1.54) is 147 Å². The Hall–Kier alpha value is -9.91. The average Bonchev–Trinajstić information content (AvgIpc) is 1.56. The van der Waals surface area contributed by atoms with Crippen molar-refractivity contribution in [3.05, 3.63) is 226 Å². The summed E-state index contributed by atoms with van der Waals surface area (Å²) in [5, 5.41) is 20.4. The van der Waals surface area contributed by atoms with Gasteiger partial charge in [0.15, 0.2) is 17.5 Å². The molecular formula is C83H66BN5. The molecule has 2 aliphatic heterocycles. The number of rotatable bonds is 3. The number of aromatic nitrogens is 5. The fourth-order valence-corrected chi connectivity index (χ4v) is 16.8. The number of hydrogen-bond donors (Lipinski definition) is 0. The molecule has 0 spiro atoms. The van der Waals surface area contributed by atoms with Crippen LogP contribution in [0.3, 0.4) is 0 Å². The lowest BCUT2D eigenvalue weighted by molar-refractivity contribution is 0.590. The molecule has 3 aromatic heterocycles. The van der Waals surface area contributed by atoms with Crippen LogP contribution < -0.4 is 16.4 Å². The Kier molecular flexibility index (Phi) is 10.5. The van der Waals surface area contributed by atoms with E-state index in [-0.39, 0.29) is 17.5 Å². The van der Waals surface area contributed by atoms with Crippen LogP contribution in [0.5, 0.6) is 0 Å². The summed E-state index contributed by atoms with van der Waals surface area (Å²) < 4.78 is 5.33. The van der Waals surface area contributed by atoms with E-state index in [0.29, 0.717) is 17.5 Å². The molecule has 16 aromatic rings. The van der Waals surface area contributed by atoms with Crippen molar-refractivity contribution in [1.29, 1.82) is 0 Å². The van der Waals surface area contributed by atoms with Gasteiger partial charge in [0.25, 0.3) is 6.71 Å². The lowest BCUT2D eigenvalue weighted by Crippen LogP contribution is -2.59. The number of nitrogens with zero attached hydrogens (tertiary/aromatic N) is 5. The van der Waals surface area contributed by atoms with Crippen molar-refractivity contribution in [3.8, 4) is 45.5 Å². The second-order valence-corrected chi connectivity index (χ2v) is 28.3. The summed E-state index contributed by atoms with van der Waals surface area (Å²) in [7, 11) is 0. The minimum Gasteiger partial charge on any atom is -0.310 e. The molecular weight excluding hydrogens is 1080 g/mol. The molecule has 89 heavy (non-hydrogen) atoms. The van der Waals surface area contributed by atoms with Gasteiger partial charge >= 0.3 is 0 Å². The Bertz CT molecular complexity index is 5800. The van der Waals surface area contributed by atoms with Gasteiger partial charge in [-0.3, -0.25) is 0 Å². The molecule has 426 valence electrons. The normalized spacial score (nSPS) is 13.1. The Morgan fingerprint density at radius 3 is 1.26 bits per heavy atom.